The van der Waals surface area contributed by atoms with Crippen LogP contribution in [0.25, 0.3) is 0 Å². The van der Waals surface area contributed by atoms with E-state index in [1.807, 2.05) is 0 Å². The van der Waals surface area contributed by atoms with Crippen molar-refractivity contribution in [2.45, 2.75) is 12.5 Å². The highest BCUT2D eigenvalue weighted by atomic mass is 16.5. The third-order valence-electron chi connectivity index (χ3n) is 1.87. The van der Waals surface area contributed by atoms with E-state index in [9.17, 15) is 9.90 Å². The Bertz CT molecular complexity index is 178. The normalized spacial score (nSPS) is 12.4. The molecule has 3 N–H and O–H groups in total. The van der Waals surface area contributed by atoms with Gasteiger partial charge in [-0.25, -0.2) is 0 Å². The number of nitrogens with one attached hydrogen (secondary N) is 2. The van der Waals surface area contributed by atoms with Crippen LogP contribution in [-0.4, -0.2) is 64.2 Å². The molecule has 6 heteroatoms. The van der Waals surface area contributed by atoms with Crippen molar-refractivity contribution in [3.63, 3.8) is 0 Å². The van der Waals surface area contributed by atoms with E-state index in [0.717, 1.165) is 6.42 Å². The van der Waals surface area contributed by atoms with E-state index in [-0.39, 0.29) is 19.1 Å². The van der Waals surface area contributed by atoms with Crippen molar-refractivity contribution < 1.29 is 19.4 Å². The van der Waals surface area contributed by atoms with Crippen LogP contribution in [0.3, 0.4) is 0 Å². The summed E-state index contributed by atoms with van der Waals surface area (Å²) in [6, 6.07) is 0. The van der Waals surface area contributed by atoms with Crippen LogP contribution in [0.2, 0.25) is 0 Å². The highest BCUT2D eigenvalue weighted by Gasteiger charge is 2.04. The van der Waals surface area contributed by atoms with Crippen molar-refractivity contribution in [2.24, 2.45) is 0 Å². The summed E-state index contributed by atoms with van der Waals surface area (Å²) in [4.78, 5) is 11.2. The molecule has 0 saturated carbocycles. The molecule has 1 atom stereocenters. The van der Waals surface area contributed by atoms with Gasteiger partial charge in [0.2, 0.25) is 5.91 Å². The zero-order valence-electron chi connectivity index (χ0n) is 9.99. The molecule has 1 unspecified atom stereocenters. The first-order valence-corrected chi connectivity index (χ1v) is 5.34. The molecular weight excluding hydrogens is 212 g/mol. The molecule has 0 aliphatic carbocycles. The molecule has 0 heterocycles. The molecule has 0 aromatic rings. The number of rotatable bonds is 10. The van der Waals surface area contributed by atoms with Crippen molar-refractivity contribution in [3.8, 4) is 0 Å². The Hall–Kier alpha value is -0.690. The van der Waals surface area contributed by atoms with Crippen molar-refractivity contribution in [1.82, 2.24) is 10.6 Å². The van der Waals surface area contributed by atoms with Gasteiger partial charge in [-0.15, -0.1) is 0 Å². The fourth-order valence-electron chi connectivity index (χ4n) is 1.11. The second kappa shape index (κ2) is 10.8. The average molecular weight is 234 g/mol. The van der Waals surface area contributed by atoms with Gasteiger partial charge in [0.15, 0.2) is 0 Å². The molecule has 0 spiro atoms. The molecular formula is C10H22N2O4. The Morgan fingerprint density at radius 1 is 1.38 bits per heavy atom. The summed E-state index contributed by atoms with van der Waals surface area (Å²) in [6.45, 7) is 2.06. The van der Waals surface area contributed by atoms with Crippen LogP contribution in [0.1, 0.15) is 6.42 Å². The summed E-state index contributed by atoms with van der Waals surface area (Å²) >= 11 is 0. The molecule has 96 valence electrons. The topological polar surface area (TPSA) is 79.8 Å². The Morgan fingerprint density at radius 2 is 2.12 bits per heavy atom. The van der Waals surface area contributed by atoms with E-state index in [0.29, 0.717) is 19.7 Å². The Labute approximate surface area is 96.3 Å². The minimum atomic E-state index is -0.578. The molecule has 0 aromatic heterocycles. The quantitative estimate of drug-likeness (QED) is 0.411. The predicted molar refractivity (Wildman–Crippen MR) is 60.3 cm³/mol. The zero-order chi connectivity index (χ0) is 12.2. The molecule has 16 heavy (non-hydrogen) atoms. The number of amides is 1. The van der Waals surface area contributed by atoms with Crippen molar-refractivity contribution >= 4 is 5.91 Å². The smallest absolute Gasteiger partial charge is 0.233 e. The Kier molecular flexibility index (Phi) is 10.3. The molecule has 0 aliphatic rings. The maximum Gasteiger partial charge on any atom is 0.233 e. The predicted octanol–water partition coefficient (Wildman–Crippen LogP) is -1.26. The molecule has 1 amide bonds. The molecule has 6 nitrogen and oxygen atoms in total. The summed E-state index contributed by atoms with van der Waals surface area (Å²) in [7, 11) is 3.15. The summed E-state index contributed by atoms with van der Waals surface area (Å²) in [6.07, 6.45) is 0.223. The number of aliphatic hydroxyl groups excluding tert-OH is 1. The molecule has 0 bridgehead atoms. The summed E-state index contributed by atoms with van der Waals surface area (Å²) in [5.74, 6) is -0.0827. The average Bonchev–Trinajstić information content (AvgIpc) is 2.25. The van der Waals surface area contributed by atoms with Gasteiger partial charge in [-0.1, -0.05) is 0 Å². The SMILES string of the molecule is COCCCNC(=O)CNCC(O)COC. The molecule has 0 saturated heterocycles. The molecule has 0 fully saturated rings. The highest BCUT2D eigenvalue weighted by Crippen LogP contribution is 1.81. The maximum atomic E-state index is 11.2. The summed E-state index contributed by atoms with van der Waals surface area (Å²) < 4.78 is 9.60. The van der Waals surface area contributed by atoms with Crippen molar-refractivity contribution in [1.29, 1.82) is 0 Å². The summed E-state index contributed by atoms with van der Waals surface area (Å²) in [5.41, 5.74) is 0. The lowest BCUT2D eigenvalue weighted by Crippen LogP contribution is -2.38. The number of carbonyl (C=O) groups is 1. The third kappa shape index (κ3) is 9.85. The number of ether oxygens (including phenoxy) is 2. The fourth-order valence-corrected chi connectivity index (χ4v) is 1.11. The molecule has 0 aliphatic heterocycles. The first kappa shape index (κ1) is 15.3. The van der Waals surface area contributed by atoms with Crippen LogP contribution in [0, 0.1) is 0 Å². The lowest BCUT2D eigenvalue weighted by molar-refractivity contribution is -0.120. The van der Waals surface area contributed by atoms with Gasteiger partial charge in [-0.05, 0) is 6.42 Å². The second-order valence-corrected chi connectivity index (χ2v) is 3.44. The first-order valence-electron chi connectivity index (χ1n) is 5.34. The minimum Gasteiger partial charge on any atom is -0.389 e. The first-order chi connectivity index (χ1) is 7.70. The van der Waals surface area contributed by atoms with Crippen molar-refractivity contribution in [2.75, 3.05) is 47.1 Å². The van der Waals surface area contributed by atoms with E-state index in [1.165, 1.54) is 7.11 Å². The van der Waals surface area contributed by atoms with Gasteiger partial charge in [-0.2, -0.15) is 0 Å². The van der Waals surface area contributed by atoms with E-state index in [2.05, 4.69) is 10.6 Å². The van der Waals surface area contributed by atoms with Crippen LogP contribution < -0.4 is 10.6 Å². The molecule has 0 radical (unpaired) electrons. The van der Waals surface area contributed by atoms with Gasteiger partial charge in [-0.3, -0.25) is 4.79 Å². The standard InChI is InChI=1S/C10H22N2O4/c1-15-5-3-4-12-10(14)7-11-6-9(13)8-16-2/h9,11,13H,3-8H2,1-2H3,(H,12,14). The minimum absolute atomic E-state index is 0.0827. The third-order valence-corrected chi connectivity index (χ3v) is 1.87. The maximum absolute atomic E-state index is 11.2. The van der Waals surface area contributed by atoms with Gasteiger partial charge in [0, 0.05) is 33.9 Å². The second-order valence-electron chi connectivity index (χ2n) is 3.44. The molecule has 0 aromatic carbocycles. The van der Waals surface area contributed by atoms with Gasteiger partial charge in [0.05, 0.1) is 19.3 Å². The van der Waals surface area contributed by atoms with Crippen LogP contribution in [0.15, 0.2) is 0 Å². The van der Waals surface area contributed by atoms with Gasteiger partial charge >= 0.3 is 0 Å². The highest BCUT2D eigenvalue weighted by molar-refractivity contribution is 5.77. The van der Waals surface area contributed by atoms with E-state index >= 15 is 0 Å². The number of aliphatic hydroxyl groups is 1. The van der Waals surface area contributed by atoms with E-state index in [1.54, 1.807) is 7.11 Å². The van der Waals surface area contributed by atoms with E-state index < -0.39 is 6.10 Å². The van der Waals surface area contributed by atoms with Crippen LogP contribution in [-0.2, 0) is 14.3 Å². The van der Waals surface area contributed by atoms with Crippen LogP contribution in [0.4, 0.5) is 0 Å². The Morgan fingerprint density at radius 3 is 2.75 bits per heavy atom. The number of methoxy groups -OCH3 is 2. The number of hydrogen-bond acceptors (Lipinski definition) is 5. The monoisotopic (exact) mass is 234 g/mol. The molecule has 0 rings (SSSR count). The van der Waals surface area contributed by atoms with Gasteiger partial charge < -0.3 is 25.2 Å². The van der Waals surface area contributed by atoms with Crippen LogP contribution in [0.5, 0.6) is 0 Å². The Balaban J connectivity index is 3.29. The van der Waals surface area contributed by atoms with Crippen LogP contribution >= 0.6 is 0 Å². The lowest BCUT2D eigenvalue weighted by atomic mass is 10.3. The van der Waals surface area contributed by atoms with Gasteiger partial charge in [0.25, 0.3) is 0 Å². The fraction of sp³-hybridized carbons (Fsp3) is 0.900. The number of hydrogen-bond donors (Lipinski definition) is 3. The zero-order valence-corrected chi connectivity index (χ0v) is 9.99. The van der Waals surface area contributed by atoms with Gasteiger partial charge in [0.1, 0.15) is 0 Å². The lowest BCUT2D eigenvalue weighted by Gasteiger charge is -2.10. The number of carbonyl (C=O) groups excluding carboxylic acids is 1. The van der Waals surface area contributed by atoms with E-state index in [4.69, 9.17) is 9.47 Å². The van der Waals surface area contributed by atoms with Crippen molar-refractivity contribution in [3.05, 3.63) is 0 Å². The largest absolute Gasteiger partial charge is 0.389 e. The summed E-state index contributed by atoms with van der Waals surface area (Å²) in [5, 5.41) is 14.8.